The van der Waals surface area contributed by atoms with Crippen LogP contribution in [0.5, 0.6) is 0 Å². The van der Waals surface area contributed by atoms with Gasteiger partial charge >= 0.3 is 0 Å². The molecular weight excluding hydrogens is 268 g/mol. The molecule has 104 valence electrons. The Labute approximate surface area is 117 Å². The summed E-state index contributed by atoms with van der Waals surface area (Å²) < 4.78 is 0. The van der Waals surface area contributed by atoms with Crippen molar-refractivity contribution in [2.75, 3.05) is 18.4 Å². The van der Waals surface area contributed by atoms with Crippen LogP contribution in [0.15, 0.2) is 0 Å². The minimum absolute atomic E-state index is 0.0427. The summed E-state index contributed by atoms with van der Waals surface area (Å²) in [5.74, 6) is 0.781. The molecule has 1 heterocycles. The molecule has 0 aliphatic rings. The molecule has 0 aromatic carbocycles. The third-order valence-electron chi connectivity index (χ3n) is 2.35. The number of hydrogen-bond acceptors (Lipinski definition) is 5. The summed E-state index contributed by atoms with van der Waals surface area (Å²) in [5, 5.41) is 5.80. The summed E-state index contributed by atoms with van der Waals surface area (Å²) in [6, 6.07) is 0. The van der Waals surface area contributed by atoms with E-state index in [0.717, 1.165) is 6.42 Å². The Morgan fingerprint density at radius 2 is 2.11 bits per heavy atom. The lowest BCUT2D eigenvalue weighted by Crippen LogP contribution is -2.26. The maximum atomic E-state index is 11.4. The molecule has 0 aliphatic heterocycles. The lowest BCUT2D eigenvalue weighted by atomic mass is 10.3. The Morgan fingerprint density at radius 3 is 2.74 bits per heavy atom. The molecule has 0 spiro atoms. The predicted molar refractivity (Wildman–Crippen MR) is 73.6 cm³/mol. The number of aldehydes is 1. The van der Waals surface area contributed by atoms with Gasteiger partial charge in [0.05, 0.1) is 5.56 Å². The average Bonchev–Trinajstić information content (AvgIpc) is 2.36. The summed E-state index contributed by atoms with van der Waals surface area (Å²) in [6.07, 6.45) is 1.80. The van der Waals surface area contributed by atoms with Crippen molar-refractivity contribution in [2.24, 2.45) is 0 Å². The first-order chi connectivity index (χ1) is 9.08. The second kappa shape index (κ2) is 7.68. The van der Waals surface area contributed by atoms with Gasteiger partial charge in [-0.3, -0.25) is 9.59 Å². The van der Waals surface area contributed by atoms with Gasteiger partial charge in [0, 0.05) is 19.5 Å². The molecule has 0 bridgehead atoms. The maximum absolute atomic E-state index is 11.4. The van der Waals surface area contributed by atoms with Crippen LogP contribution in [0.3, 0.4) is 0 Å². The second-order valence-corrected chi connectivity index (χ2v) is 4.33. The lowest BCUT2D eigenvalue weighted by molar-refractivity contribution is -0.120. The molecule has 2 N–H and O–H groups in total. The molecule has 6 nitrogen and oxygen atoms in total. The summed E-state index contributed by atoms with van der Waals surface area (Å²) in [7, 11) is 0. The molecule has 1 aromatic rings. The summed E-state index contributed by atoms with van der Waals surface area (Å²) in [4.78, 5) is 30.3. The van der Waals surface area contributed by atoms with Gasteiger partial charge < -0.3 is 10.6 Å². The number of hydrogen-bond donors (Lipinski definition) is 2. The number of carbonyl (C=O) groups excluding carboxylic acids is 2. The van der Waals surface area contributed by atoms with Crippen molar-refractivity contribution in [1.82, 2.24) is 15.3 Å². The van der Waals surface area contributed by atoms with Crippen LogP contribution in [-0.2, 0) is 4.79 Å². The topological polar surface area (TPSA) is 84.0 Å². The molecule has 1 amide bonds. The zero-order valence-electron chi connectivity index (χ0n) is 11.0. The fourth-order valence-electron chi connectivity index (χ4n) is 1.43. The molecule has 1 aromatic heterocycles. The van der Waals surface area contributed by atoms with Crippen LogP contribution in [0, 0.1) is 6.92 Å². The molecular formula is C12H17ClN4O2. The number of carbonyl (C=O) groups is 2. The van der Waals surface area contributed by atoms with E-state index in [0.29, 0.717) is 37.4 Å². The van der Waals surface area contributed by atoms with E-state index in [-0.39, 0.29) is 16.6 Å². The maximum Gasteiger partial charge on any atom is 0.221 e. The Balaban J connectivity index is 2.58. The lowest BCUT2D eigenvalue weighted by Gasteiger charge is -2.09. The van der Waals surface area contributed by atoms with E-state index >= 15 is 0 Å². The first kappa shape index (κ1) is 15.4. The molecule has 0 atom stereocenters. The van der Waals surface area contributed by atoms with E-state index in [1.807, 2.05) is 6.92 Å². The van der Waals surface area contributed by atoms with Gasteiger partial charge in [-0.1, -0.05) is 18.5 Å². The van der Waals surface area contributed by atoms with E-state index in [9.17, 15) is 9.59 Å². The first-order valence-corrected chi connectivity index (χ1v) is 6.46. The molecule has 1 rings (SSSR count). The Morgan fingerprint density at radius 1 is 1.37 bits per heavy atom. The van der Waals surface area contributed by atoms with Gasteiger partial charge in [0.2, 0.25) is 5.91 Å². The zero-order chi connectivity index (χ0) is 14.3. The predicted octanol–water partition coefficient (Wildman–Crippen LogP) is 1.58. The van der Waals surface area contributed by atoms with Gasteiger partial charge in [0.15, 0.2) is 6.29 Å². The van der Waals surface area contributed by atoms with Crippen molar-refractivity contribution >= 4 is 29.6 Å². The number of rotatable bonds is 7. The monoisotopic (exact) mass is 284 g/mol. The number of nitrogens with one attached hydrogen (secondary N) is 2. The zero-order valence-corrected chi connectivity index (χ0v) is 11.8. The van der Waals surface area contributed by atoms with Gasteiger partial charge in [0.25, 0.3) is 0 Å². The van der Waals surface area contributed by atoms with Crippen LogP contribution in [0.4, 0.5) is 5.82 Å². The number of halogens is 1. The number of anilines is 1. The van der Waals surface area contributed by atoms with Crippen molar-refractivity contribution in [3.63, 3.8) is 0 Å². The first-order valence-electron chi connectivity index (χ1n) is 6.08. The van der Waals surface area contributed by atoms with Crippen molar-refractivity contribution in [3.8, 4) is 0 Å². The van der Waals surface area contributed by atoms with Crippen LogP contribution in [-0.4, -0.2) is 35.3 Å². The third-order valence-corrected chi connectivity index (χ3v) is 2.63. The molecule has 0 aliphatic carbocycles. The van der Waals surface area contributed by atoms with E-state index < -0.39 is 0 Å². The number of nitrogens with zero attached hydrogens (tertiary/aromatic N) is 2. The number of aryl methyl sites for hydroxylation is 1. The Hall–Kier alpha value is -1.69. The third kappa shape index (κ3) is 4.82. The van der Waals surface area contributed by atoms with Crippen LogP contribution < -0.4 is 10.6 Å². The minimum Gasteiger partial charge on any atom is -0.369 e. The van der Waals surface area contributed by atoms with E-state index in [4.69, 9.17) is 11.6 Å². The van der Waals surface area contributed by atoms with Crippen molar-refractivity contribution in [3.05, 3.63) is 16.5 Å². The molecule has 0 saturated carbocycles. The summed E-state index contributed by atoms with van der Waals surface area (Å²) in [6.45, 7) is 4.71. The van der Waals surface area contributed by atoms with Gasteiger partial charge in [-0.05, 0) is 13.3 Å². The Bertz CT molecular complexity index is 465. The fraction of sp³-hybridized carbons (Fsp3) is 0.500. The SMILES string of the molecule is CCCNC(=O)CCNc1nc(C)nc(Cl)c1C=O. The average molecular weight is 285 g/mol. The van der Waals surface area contributed by atoms with Crippen LogP contribution in [0.25, 0.3) is 0 Å². The van der Waals surface area contributed by atoms with E-state index in [1.54, 1.807) is 6.92 Å². The molecule has 19 heavy (non-hydrogen) atoms. The van der Waals surface area contributed by atoms with Crippen molar-refractivity contribution in [2.45, 2.75) is 26.7 Å². The highest BCUT2D eigenvalue weighted by Crippen LogP contribution is 2.18. The van der Waals surface area contributed by atoms with E-state index in [2.05, 4.69) is 20.6 Å². The molecule has 0 unspecified atom stereocenters. The van der Waals surface area contributed by atoms with Crippen molar-refractivity contribution < 1.29 is 9.59 Å². The summed E-state index contributed by atoms with van der Waals surface area (Å²) in [5.41, 5.74) is 0.209. The van der Waals surface area contributed by atoms with Crippen molar-refractivity contribution in [1.29, 1.82) is 0 Å². The van der Waals surface area contributed by atoms with Gasteiger partial charge in [0.1, 0.15) is 16.8 Å². The van der Waals surface area contributed by atoms with Crippen LogP contribution in [0.2, 0.25) is 5.15 Å². The normalized spacial score (nSPS) is 10.1. The number of aromatic nitrogens is 2. The molecule has 0 radical (unpaired) electrons. The minimum atomic E-state index is -0.0427. The standard InChI is InChI=1S/C12H17ClN4O2/c1-3-5-14-10(19)4-6-15-12-9(7-18)11(13)16-8(2)17-12/h7H,3-6H2,1-2H3,(H,14,19)(H,15,16,17). The smallest absolute Gasteiger partial charge is 0.221 e. The van der Waals surface area contributed by atoms with Crippen LogP contribution >= 0.6 is 11.6 Å². The van der Waals surface area contributed by atoms with Gasteiger partial charge in [-0.25, -0.2) is 9.97 Å². The second-order valence-electron chi connectivity index (χ2n) is 3.97. The largest absolute Gasteiger partial charge is 0.369 e. The highest BCUT2D eigenvalue weighted by Gasteiger charge is 2.11. The fourth-order valence-corrected chi connectivity index (χ4v) is 1.69. The molecule has 7 heteroatoms. The molecule has 0 fully saturated rings. The molecule has 0 saturated heterocycles. The van der Waals surface area contributed by atoms with Crippen LogP contribution in [0.1, 0.15) is 35.9 Å². The van der Waals surface area contributed by atoms with E-state index in [1.165, 1.54) is 0 Å². The highest BCUT2D eigenvalue weighted by molar-refractivity contribution is 6.32. The highest BCUT2D eigenvalue weighted by atomic mass is 35.5. The summed E-state index contributed by atoms with van der Waals surface area (Å²) >= 11 is 5.84. The Kier molecular flexibility index (Phi) is 6.21. The quantitative estimate of drug-likeness (QED) is 0.587. The van der Waals surface area contributed by atoms with Gasteiger partial charge in [-0.15, -0.1) is 0 Å². The van der Waals surface area contributed by atoms with Gasteiger partial charge in [-0.2, -0.15) is 0 Å². The number of amides is 1.